The molecule has 27 heavy (non-hydrogen) atoms. The van der Waals surface area contributed by atoms with Gasteiger partial charge in [-0.15, -0.1) is 0 Å². The quantitative estimate of drug-likeness (QED) is 0.715. The van der Waals surface area contributed by atoms with Gasteiger partial charge in [-0.2, -0.15) is 0 Å². The SMILES string of the molecule is CCOC(=O)C1=C(OCC)C(=O)OC1C1=C(Cl)c2ccc(C)c(C)c2OC1. The van der Waals surface area contributed by atoms with E-state index in [1.54, 1.807) is 13.8 Å². The number of rotatable bonds is 5. The fourth-order valence-electron chi connectivity index (χ4n) is 3.11. The van der Waals surface area contributed by atoms with Gasteiger partial charge in [0.25, 0.3) is 0 Å². The Hall–Kier alpha value is -2.47. The number of esters is 2. The van der Waals surface area contributed by atoms with Gasteiger partial charge in [0.05, 0.1) is 18.2 Å². The molecule has 3 rings (SSSR count). The third-order valence-corrected chi connectivity index (χ3v) is 5.03. The maximum absolute atomic E-state index is 12.5. The lowest BCUT2D eigenvalue weighted by atomic mass is 9.95. The molecule has 7 heteroatoms. The van der Waals surface area contributed by atoms with E-state index in [2.05, 4.69) is 0 Å². The lowest BCUT2D eigenvalue weighted by Crippen LogP contribution is -2.27. The largest absolute Gasteiger partial charge is 0.488 e. The molecular weight excluding hydrogens is 372 g/mol. The van der Waals surface area contributed by atoms with Gasteiger partial charge < -0.3 is 18.9 Å². The molecule has 2 aliphatic rings. The minimum atomic E-state index is -1.000. The second kappa shape index (κ2) is 7.64. The van der Waals surface area contributed by atoms with Gasteiger partial charge in [0.15, 0.2) is 6.10 Å². The highest BCUT2D eigenvalue weighted by Gasteiger charge is 2.44. The first-order valence-corrected chi connectivity index (χ1v) is 9.15. The predicted molar refractivity (Wildman–Crippen MR) is 99.3 cm³/mol. The van der Waals surface area contributed by atoms with Gasteiger partial charge >= 0.3 is 11.9 Å². The van der Waals surface area contributed by atoms with Crippen LogP contribution in [0.1, 0.15) is 30.5 Å². The Labute approximate surface area is 162 Å². The van der Waals surface area contributed by atoms with E-state index in [0.717, 1.165) is 11.1 Å². The van der Waals surface area contributed by atoms with Crippen molar-refractivity contribution in [3.05, 3.63) is 45.7 Å². The van der Waals surface area contributed by atoms with Crippen molar-refractivity contribution in [2.24, 2.45) is 0 Å². The molecule has 0 aliphatic carbocycles. The Bertz CT molecular complexity index is 867. The number of cyclic esters (lactones) is 1. The summed E-state index contributed by atoms with van der Waals surface area (Å²) in [6.45, 7) is 7.81. The number of benzene rings is 1. The Morgan fingerprint density at radius 2 is 2.00 bits per heavy atom. The van der Waals surface area contributed by atoms with Gasteiger partial charge in [-0.1, -0.05) is 17.7 Å². The molecule has 2 aliphatic heterocycles. The number of halogens is 1. The number of carbonyl (C=O) groups is 2. The molecule has 1 aromatic rings. The van der Waals surface area contributed by atoms with E-state index in [0.29, 0.717) is 21.9 Å². The van der Waals surface area contributed by atoms with Crippen LogP contribution >= 0.6 is 11.6 Å². The third kappa shape index (κ3) is 3.30. The molecule has 0 N–H and O–H groups in total. The summed E-state index contributed by atoms with van der Waals surface area (Å²) in [6, 6.07) is 3.80. The van der Waals surface area contributed by atoms with Gasteiger partial charge in [-0.3, -0.25) is 0 Å². The fraction of sp³-hybridized carbons (Fsp3) is 0.400. The molecule has 0 spiro atoms. The summed E-state index contributed by atoms with van der Waals surface area (Å²) < 4.78 is 21.8. The molecule has 1 aromatic carbocycles. The van der Waals surface area contributed by atoms with Crippen LogP contribution < -0.4 is 4.74 Å². The van der Waals surface area contributed by atoms with Crippen molar-refractivity contribution in [2.45, 2.75) is 33.8 Å². The normalized spacial score (nSPS) is 18.9. The van der Waals surface area contributed by atoms with Crippen LogP contribution in [0.4, 0.5) is 0 Å². The first-order valence-electron chi connectivity index (χ1n) is 8.77. The molecule has 0 saturated heterocycles. The van der Waals surface area contributed by atoms with Crippen LogP contribution in [0.25, 0.3) is 5.03 Å². The zero-order chi connectivity index (χ0) is 19.7. The topological polar surface area (TPSA) is 71.1 Å². The van der Waals surface area contributed by atoms with Crippen molar-refractivity contribution in [1.29, 1.82) is 0 Å². The zero-order valence-corrected chi connectivity index (χ0v) is 16.4. The van der Waals surface area contributed by atoms with E-state index in [-0.39, 0.29) is 31.2 Å². The number of aryl methyl sites for hydroxylation is 1. The molecule has 0 aromatic heterocycles. The van der Waals surface area contributed by atoms with Crippen LogP contribution in [0.15, 0.2) is 29.0 Å². The van der Waals surface area contributed by atoms with E-state index in [4.69, 9.17) is 30.5 Å². The first-order chi connectivity index (χ1) is 12.9. The minimum absolute atomic E-state index is 0.0210. The van der Waals surface area contributed by atoms with Crippen LogP contribution in [0.3, 0.4) is 0 Å². The highest BCUT2D eigenvalue weighted by molar-refractivity contribution is 6.50. The smallest absolute Gasteiger partial charge is 0.375 e. The van der Waals surface area contributed by atoms with Crippen molar-refractivity contribution >= 4 is 28.6 Å². The Kier molecular flexibility index (Phi) is 5.46. The van der Waals surface area contributed by atoms with E-state index in [1.807, 2.05) is 26.0 Å². The van der Waals surface area contributed by atoms with Crippen LogP contribution in [0, 0.1) is 13.8 Å². The van der Waals surface area contributed by atoms with Crippen molar-refractivity contribution in [3.63, 3.8) is 0 Å². The molecule has 1 unspecified atom stereocenters. The summed E-state index contributed by atoms with van der Waals surface area (Å²) in [5.41, 5.74) is 3.28. The Morgan fingerprint density at radius 1 is 1.26 bits per heavy atom. The zero-order valence-electron chi connectivity index (χ0n) is 15.7. The molecular formula is C20H21ClO6. The molecule has 0 saturated carbocycles. The molecule has 6 nitrogen and oxygen atoms in total. The van der Waals surface area contributed by atoms with Gasteiger partial charge in [0.1, 0.15) is 17.9 Å². The third-order valence-electron chi connectivity index (χ3n) is 4.58. The highest BCUT2D eigenvalue weighted by atomic mass is 35.5. The average Bonchev–Trinajstić information content (AvgIpc) is 2.95. The molecule has 1 atom stereocenters. The van der Waals surface area contributed by atoms with Crippen LogP contribution in [-0.2, 0) is 23.8 Å². The number of hydrogen-bond acceptors (Lipinski definition) is 6. The van der Waals surface area contributed by atoms with Crippen molar-refractivity contribution in [3.8, 4) is 5.75 Å². The predicted octanol–water partition coefficient (Wildman–Crippen LogP) is 3.42. The van der Waals surface area contributed by atoms with Gasteiger partial charge in [-0.05, 0) is 44.9 Å². The maximum Gasteiger partial charge on any atom is 0.375 e. The summed E-state index contributed by atoms with van der Waals surface area (Å²) in [7, 11) is 0. The molecule has 0 bridgehead atoms. The molecule has 0 fully saturated rings. The summed E-state index contributed by atoms with van der Waals surface area (Å²) >= 11 is 6.63. The number of carbonyl (C=O) groups excluding carboxylic acids is 2. The van der Waals surface area contributed by atoms with Gasteiger partial charge in [0.2, 0.25) is 5.76 Å². The van der Waals surface area contributed by atoms with Crippen molar-refractivity contribution < 1.29 is 28.5 Å². The molecule has 0 amide bonds. The Balaban J connectivity index is 2.10. The highest BCUT2D eigenvalue weighted by Crippen LogP contribution is 2.43. The second-order valence-electron chi connectivity index (χ2n) is 6.19. The van der Waals surface area contributed by atoms with E-state index < -0.39 is 18.0 Å². The number of ether oxygens (including phenoxy) is 4. The summed E-state index contributed by atoms with van der Waals surface area (Å²) in [4.78, 5) is 24.7. The summed E-state index contributed by atoms with van der Waals surface area (Å²) in [5, 5.41) is 0.400. The van der Waals surface area contributed by atoms with Crippen LogP contribution in [-0.4, -0.2) is 37.9 Å². The molecule has 144 valence electrons. The summed E-state index contributed by atoms with van der Waals surface area (Å²) in [5.74, 6) is -0.823. The number of fused-ring (bicyclic) bond motifs is 1. The lowest BCUT2D eigenvalue weighted by molar-refractivity contribution is -0.142. The minimum Gasteiger partial charge on any atom is -0.488 e. The second-order valence-corrected chi connectivity index (χ2v) is 6.57. The molecule has 2 heterocycles. The van der Waals surface area contributed by atoms with Gasteiger partial charge in [-0.25, -0.2) is 9.59 Å². The fourth-order valence-corrected chi connectivity index (χ4v) is 3.41. The first kappa shape index (κ1) is 19.3. The molecule has 0 radical (unpaired) electrons. The van der Waals surface area contributed by atoms with E-state index in [1.165, 1.54) is 0 Å². The van der Waals surface area contributed by atoms with Crippen LogP contribution in [0.2, 0.25) is 0 Å². The van der Waals surface area contributed by atoms with Crippen molar-refractivity contribution in [1.82, 2.24) is 0 Å². The van der Waals surface area contributed by atoms with Crippen LogP contribution in [0.5, 0.6) is 5.75 Å². The van der Waals surface area contributed by atoms with Gasteiger partial charge in [0, 0.05) is 11.1 Å². The standard InChI is InChI=1S/C20H21ClO6/c1-5-24-18-14(19(22)25-6-2)17(27-20(18)23)13-9-26-16-11(4)10(3)7-8-12(16)15(13)21/h7-8,17H,5-6,9H2,1-4H3. The maximum atomic E-state index is 12.5. The Morgan fingerprint density at radius 3 is 2.67 bits per heavy atom. The van der Waals surface area contributed by atoms with E-state index in [9.17, 15) is 9.59 Å². The van der Waals surface area contributed by atoms with Crippen molar-refractivity contribution in [2.75, 3.05) is 19.8 Å². The lowest BCUT2D eigenvalue weighted by Gasteiger charge is -2.26. The van der Waals surface area contributed by atoms with E-state index >= 15 is 0 Å². The average molecular weight is 393 g/mol. The summed E-state index contributed by atoms with van der Waals surface area (Å²) in [6.07, 6.45) is -1.000. The number of hydrogen-bond donors (Lipinski definition) is 0. The monoisotopic (exact) mass is 392 g/mol.